The molecule has 7 nitrogen and oxygen atoms in total. The Bertz CT molecular complexity index is 1270. The predicted octanol–water partition coefficient (Wildman–Crippen LogP) is 4.22. The van der Waals surface area contributed by atoms with Crippen molar-refractivity contribution in [3.05, 3.63) is 72.3 Å². The maximum atomic E-state index is 9.81. The molecule has 0 unspecified atom stereocenters. The summed E-state index contributed by atoms with van der Waals surface area (Å²) in [5.74, 6) is 1.28. The fourth-order valence-corrected chi connectivity index (χ4v) is 3.51. The molecule has 31 heavy (non-hydrogen) atoms. The van der Waals surface area contributed by atoms with Crippen molar-refractivity contribution in [2.45, 2.75) is 26.0 Å². The van der Waals surface area contributed by atoms with Crippen LogP contribution in [0.15, 0.2) is 66.2 Å². The Morgan fingerprint density at radius 1 is 1.13 bits per heavy atom. The summed E-state index contributed by atoms with van der Waals surface area (Å²) >= 11 is 0. The van der Waals surface area contributed by atoms with Crippen LogP contribution in [-0.4, -0.2) is 37.9 Å². The van der Waals surface area contributed by atoms with Crippen molar-refractivity contribution in [3.63, 3.8) is 0 Å². The molecule has 0 aliphatic carbocycles. The number of imidazole rings is 1. The number of rotatable bonds is 6. The number of benzene rings is 1. The molecule has 4 aromatic rings. The molecule has 7 heteroatoms. The largest absolute Gasteiger partial charge is 0.489 e. The van der Waals surface area contributed by atoms with E-state index in [4.69, 9.17) is 4.74 Å². The van der Waals surface area contributed by atoms with Gasteiger partial charge in [0, 0.05) is 30.4 Å². The van der Waals surface area contributed by atoms with Gasteiger partial charge in [-0.3, -0.25) is 4.99 Å². The van der Waals surface area contributed by atoms with Crippen molar-refractivity contribution in [1.29, 1.82) is 0 Å². The number of fused-ring (bicyclic) bond motifs is 2. The molecule has 0 fully saturated rings. The Morgan fingerprint density at radius 2 is 2.03 bits per heavy atom. The molecule has 0 radical (unpaired) electrons. The van der Waals surface area contributed by atoms with Crippen LogP contribution in [0.1, 0.15) is 25.0 Å². The van der Waals surface area contributed by atoms with Crippen molar-refractivity contribution < 1.29 is 9.84 Å². The Labute approximate surface area is 180 Å². The third kappa shape index (κ3) is 4.13. The maximum Gasteiger partial charge on any atom is 0.160 e. The molecular formula is C24H23N5O2. The van der Waals surface area contributed by atoms with E-state index >= 15 is 0 Å². The van der Waals surface area contributed by atoms with Crippen LogP contribution in [0, 0.1) is 0 Å². The van der Waals surface area contributed by atoms with Gasteiger partial charge in [-0.15, -0.1) is 0 Å². The van der Waals surface area contributed by atoms with Gasteiger partial charge in [0.15, 0.2) is 5.65 Å². The summed E-state index contributed by atoms with van der Waals surface area (Å²) in [7, 11) is 0. The van der Waals surface area contributed by atoms with Crippen LogP contribution in [-0.2, 0) is 6.54 Å². The van der Waals surface area contributed by atoms with E-state index in [9.17, 15) is 5.11 Å². The molecule has 1 aromatic carbocycles. The van der Waals surface area contributed by atoms with Gasteiger partial charge >= 0.3 is 0 Å². The zero-order valence-corrected chi connectivity index (χ0v) is 17.4. The number of pyridine rings is 2. The lowest BCUT2D eigenvalue weighted by atomic mass is 10.0. The fourth-order valence-electron chi connectivity index (χ4n) is 3.51. The van der Waals surface area contributed by atoms with Gasteiger partial charge in [-0.1, -0.05) is 12.1 Å². The second-order valence-electron chi connectivity index (χ2n) is 8.29. The highest BCUT2D eigenvalue weighted by Crippen LogP contribution is 2.30. The number of nitrogens with zero attached hydrogens (tertiary/aromatic N) is 4. The topological polar surface area (TPSA) is 84.0 Å². The lowest BCUT2D eigenvalue weighted by Gasteiger charge is -2.17. The molecule has 0 bridgehead atoms. The summed E-state index contributed by atoms with van der Waals surface area (Å²) < 4.78 is 7.58. The van der Waals surface area contributed by atoms with Gasteiger partial charge in [0.2, 0.25) is 0 Å². The number of aliphatic hydroxyl groups is 1. The summed E-state index contributed by atoms with van der Waals surface area (Å²) in [6.45, 7) is 4.33. The van der Waals surface area contributed by atoms with Gasteiger partial charge in [0.25, 0.3) is 0 Å². The van der Waals surface area contributed by atoms with Crippen molar-refractivity contribution in [1.82, 2.24) is 14.4 Å². The Balaban J connectivity index is 1.43. The van der Waals surface area contributed by atoms with E-state index in [-0.39, 0.29) is 6.61 Å². The van der Waals surface area contributed by atoms with Crippen LogP contribution >= 0.6 is 0 Å². The first-order valence-corrected chi connectivity index (χ1v) is 10.1. The van der Waals surface area contributed by atoms with E-state index in [2.05, 4.69) is 50.7 Å². The molecular weight excluding hydrogens is 390 g/mol. The van der Waals surface area contributed by atoms with Crippen molar-refractivity contribution in [2.24, 2.45) is 4.99 Å². The molecule has 3 aromatic heterocycles. The number of nitrogens with one attached hydrogen (secondary N) is 1. The monoisotopic (exact) mass is 413 g/mol. The van der Waals surface area contributed by atoms with Gasteiger partial charge in [-0.2, -0.15) is 0 Å². The number of hydrogen-bond acceptors (Lipinski definition) is 6. The van der Waals surface area contributed by atoms with Crippen LogP contribution in [0.25, 0.3) is 16.8 Å². The quantitative estimate of drug-likeness (QED) is 0.494. The van der Waals surface area contributed by atoms with E-state index in [0.717, 1.165) is 29.0 Å². The summed E-state index contributed by atoms with van der Waals surface area (Å²) in [5, 5.41) is 13.2. The van der Waals surface area contributed by atoms with Crippen LogP contribution in [0.2, 0.25) is 0 Å². The summed E-state index contributed by atoms with van der Waals surface area (Å²) in [6.07, 6.45) is 9.35. The van der Waals surface area contributed by atoms with Gasteiger partial charge in [-0.25, -0.2) is 9.97 Å². The molecule has 1 aliphatic rings. The summed E-state index contributed by atoms with van der Waals surface area (Å²) in [6, 6.07) is 12.2. The van der Waals surface area contributed by atoms with E-state index in [1.807, 2.05) is 28.9 Å². The first kappa shape index (κ1) is 19.3. The van der Waals surface area contributed by atoms with E-state index < -0.39 is 5.60 Å². The van der Waals surface area contributed by atoms with Crippen molar-refractivity contribution in [3.8, 4) is 16.9 Å². The summed E-state index contributed by atoms with van der Waals surface area (Å²) in [4.78, 5) is 13.3. The average molecular weight is 413 g/mol. The van der Waals surface area contributed by atoms with Crippen molar-refractivity contribution >= 4 is 23.4 Å². The SMILES string of the molecule is CC(C)(O)COc1ccc(Nc2cc(-c3ccc4c(c3)CN=C4)cn3ccnc23)nc1. The standard InChI is InChI=1S/C24H23N5O2/c1-24(2,30)15-31-20-5-6-22(27-13-20)28-21-10-19(14-29-8-7-26-23(21)29)16-3-4-17-11-25-12-18(17)9-16/h3-11,13-14,30H,12,15H2,1-2H3,(H,27,28). The predicted molar refractivity (Wildman–Crippen MR) is 121 cm³/mol. The third-order valence-electron chi connectivity index (χ3n) is 5.05. The summed E-state index contributed by atoms with van der Waals surface area (Å²) in [5.41, 5.74) is 5.41. The molecule has 156 valence electrons. The molecule has 1 aliphatic heterocycles. The maximum absolute atomic E-state index is 9.81. The second-order valence-corrected chi connectivity index (χ2v) is 8.29. The minimum Gasteiger partial charge on any atom is -0.489 e. The molecule has 5 rings (SSSR count). The number of aromatic nitrogens is 3. The van der Waals surface area contributed by atoms with Crippen molar-refractivity contribution in [2.75, 3.05) is 11.9 Å². The number of anilines is 2. The van der Waals surface area contributed by atoms with Crippen LogP contribution in [0.3, 0.4) is 0 Å². The number of hydrogen-bond donors (Lipinski definition) is 2. The van der Waals surface area contributed by atoms with Gasteiger partial charge < -0.3 is 19.6 Å². The molecule has 0 atom stereocenters. The lowest BCUT2D eigenvalue weighted by Crippen LogP contribution is -2.27. The first-order chi connectivity index (χ1) is 14.9. The Kier molecular flexibility index (Phi) is 4.67. The Hall–Kier alpha value is -3.71. The van der Waals surface area contributed by atoms with E-state index in [1.165, 1.54) is 11.1 Å². The molecule has 0 saturated carbocycles. The van der Waals surface area contributed by atoms with Crippen LogP contribution < -0.4 is 10.1 Å². The molecule has 0 amide bonds. The molecule has 0 spiro atoms. The zero-order valence-electron chi connectivity index (χ0n) is 17.4. The minimum atomic E-state index is -0.896. The lowest BCUT2D eigenvalue weighted by molar-refractivity contribution is 0.0284. The van der Waals surface area contributed by atoms with Crippen LogP contribution in [0.4, 0.5) is 11.5 Å². The third-order valence-corrected chi connectivity index (χ3v) is 5.05. The number of aliphatic imine (C=N–C) groups is 1. The fraction of sp³-hybridized carbons (Fsp3) is 0.208. The van der Waals surface area contributed by atoms with Crippen LogP contribution in [0.5, 0.6) is 5.75 Å². The highest BCUT2D eigenvalue weighted by Gasteiger charge is 2.14. The molecule has 2 N–H and O–H groups in total. The average Bonchev–Trinajstić information content (AvgIpc) is 3.41. The highest BCUT2D eigenvalue weighted by molar-refractivity contribution is 5.86. The van der Waals surface area contributed by atoms with E-state index in [1.54, 1.807) is 26.2 Å². The normalized spacial score (nSPS) is 12.9. The first-order valence-electron chi connectivity index (χ1n) is 10.1. The minimum absolute atomic E-state index is 0.198. The van der Waals surface area contributed by atoms with Gasteiger partial charge in [0.05, 0.1) is 24.0 Å². The highest BCUT2D eigenvalue weighted by atomic mass is 16.5. The van der Waals surface area contributed by atoms with Gasteiger partial charge in [0.1, 0.15) is 18.2 Å². The number of ether oxygens (including phenoxy) is 1. The smallest absolute Gasteiger partial charge is 0.160 e. The molecule has 0 saturated heterocycles. The van der Waals surface area contributed by atoms with E-state index in [0.29, 0.717) is 11.6 Å². The zero-order chi connectivity index (χ0) is 21.4. The van der Waals surface area contributed by atoms with Gasteiger partial charge in [-0.05, 0) is 54.8 Å². The second kappa shape index (κ2) is 7.52. The Morgan fingerprint density at radius 3 is 2.84 bits per heavy atom. The molecule has 4 heterocycles.